The summed E-state index contributed by atoms with van der Waals surface area (Å²) < 4.78 is 32.6. The fourth-order valence-electron chi connectivity index (χ4n) is 3.41. The van der Waals surface area contributed by atoms with E-state index < -0.39 is 10.0 Å². The summed E-state index contributed by atoms with van der Waals surface area (Å²) in [5.41, 5.74) is 1.62. The molecule has 1 fully saturated rings. The van der Waals surface area contributed by atoms with Crippen molar-refractivity contribution in [3.05, 3.63) is 41.5 Å². The largest absolute Gasteiger partial charge is 0.380 e. The van der Waals surface area contributed by atoms with E-state index in [2.05, 4.69) is 0 Å². The lowest BCUT2D eigenvalue weighted by Gasteiger charge is -2.32. The molecule has 6 nitrogen and oxygen atoms in total. The van der Waals surface area contributed by atoms with E-state index in [0.29, 0.717) is 31.7 Å². The Balaban J connectivity index is 1.80. The second kappa shape index (κ2) is 7.90. The first-order valence-corrected chi connectivity index (χ1v) is 10.4. The standard InChI is InChI=1S/C19H26N2O4S/c1-15-8-11-21(12-9-15)26(23,24)18-7-3-5-16(13-18)19(22)20-10-4-6-17(14-20)25-2/h3,5,7-8,13,17H,4,6,9-12,14H2,1-2H3. The van der Waals surface area contributed by atoms with Crippen LogP contribution in [0.4, 0.5) is 0 Å². The molecule has 0 aliphatic carbocycles. The molecule has 1 saturated heterocycles. The summed E-state index contributed by atoms with van der Waals surface area (Å²) >= 11 is 0. The summed E-state index contributed by atoms with van der Waals surface area (Å²) in [4.78, 5) is 14.7. The van der Waals surface area contributed by atoms with Gasteiger partial charge in [-0.15, -0.1) is 0 Å². The quantitative estimate of drug-likeness (QED) is 0.754. The molecule has 0 saturated carbocycles. The number of amides is 1. The maximum absolute atomic E-state index is 12.9. The van der Waals surface area contributed by atoms with Gasteiger partial charge in [0.15, 0.2) is 0 Å². The van der Waals surface area contributed by atoms with Gasteiger partial charge in [0.25, 0.3) is 5.91 Å². The molecule has 1 unspecified atom stereocenters. The van der Waals surface area contributed by atoms with Crippen LogP contribution in [0.3, 0.4) is 0 Å². The SMILES string of the molecule is COC1CCCN(C(=O)c2cccc(S(=O)(=O)N3CC=C(C)CC3)c2)C1. The maximum atomic E-state index is 12.9. The van der Waals surface area contributed by atoms with E-state index in [1.807, 2.05) is 13.0 Å². The van der Waals surface area contributed by atoms with E-state index in [4.69, 9.17) is 4.74 Å². The van der Waals surface area contributed by atoms with E-state index in [1.165, 1.54) is 15.9 Å². The number of hydrogen-bond donors (Lipinski definition) is 0. The van der Waals surface area contributed by atoms with Crippen molar-refractivity contribution >= 4 is 15.9 Å². The van der Waals surface area contributed by atoms with Crippen LogP contribution in [-0.4, -0.2) is 62.9 Å². The summed E-state index contributed by atoms with van der Waals surface area (Å²) in [6.07, 6.45) is 4.56. The molecule has 0 aromatic heterocycles. The molecule has 3 rings (SSSR count). The molecule has 0 radical (unpaired) electrons. The number of nitrogens with zero attached hydrogens (tertiary/aromatic N) is 2. The molecule has 1 amide bonds. The van der Waals surface area contributed by atoms with Gasteiger partial charge in [-0.05, 0) is 44.4 Å². The first-order chi connectivity index (χ1) is 12.4. The third kappa shape index (κ3) is 4.00. The number of rotatable bonds is 4. The van der Waals surface area contributed by atoms with Gasteiger partial charge in [0.2, 0.25) is 10.0 Å². The maximum Gasteiger partial charge on any atom is 0.253 e. The molecular weight excluding hydrogens is 352 g/mol. The Morgan fingerprint density at radius 3 is 2.77 bits per heavy atom. The highest BCUT2D eigenvalue weighted by molar-refractivity contribution is 7.89. The van der Waals surface area contributed by atoms with Crippen LogP contribution in [-0.2, 0) is 14.8 Å². The molecule has 142 valence electrons. The number of ether oxygens (including phenoxy) is 1. The van der Waals surface area contributed by atoms with Gasteiger partial charge in [0, 0.05) is 38.9 Å². The van der Waals surface area contributed by atoms with E-state index in [-0.39, 0.29) is 16.9 Å². The summed E-state index contributed by atoms with van der Waals surface area (Å²) in [6, 6.07) is 6.38. The molecule has 2 heterocycles. The van der Waals surface area contributed by atoms with Crippen molar-refractivity contribution < 1.29 is 17.9 Å². The van der Waals surface area contributed by atoms with E-state index >= 15 is 0 Å². The van der Waals surface area contributed by atoms with Gasteiger partial charge in [-0.2, -0.15) is 4.31 Å². The first kappa shape index (κ1) is 19.1. The van der Waals surface area contributed by atoms with Crippen LogP contribution in [0.15, 0.2) is 40.8 Å². The second-order valence-corrected chi connectivity index (χ2v) is 8.88. The number of carbonyl (C=O) groups is 1. The first-order valence-electron chi connectivity index (χ1n) is 8.99. The highest BCUT2D eigenvalue weighted by atomic mass is 32.2. The summed E-state index contributed by atoms with van der Waals surface area (Å²) in [7, 11) is -1.94. The molecule has 1 atom stereocenters. The molecule has 0 bridgehead atoms. The Hall–Kier alpha value is -1.70. The van der Waals surface area contributed by atoms with Gasteiger partial charge in [-0.25, -0.2) is 8.42 Å². The zero-order valence-corrected chi connectivity index (χ0v) is 16.2. The van der Waals surface area contributed by atoms with E-state index in [9.17, 15) is 13.2 Å². The van der Waals surface area contributed by atoms with Crippen LogP contribution in [0.2, 0.25) is 0 Å². The Morgan fingerprint density at radius 2 is 2.08 bits per heavy atom. The molecule has 0 N–H and O–H groups in total. The molecular formula is C19H26N2O4S. The molecule has 2 aliphatic heterocycles. The third-order valence-electron chi connectivity index (χ3n) is 5.12. The molecule has 2 aliphatic rings. The minimum atomic E-state index is -3.59. The predicted molar refractivity (Wildman–Crippen MR) is 99.5 cm³/mol. The average molecular weight is 378 g/mol. The number of benzene rings is 1. The number of hydrogen-bond acceptors (Lipinski definition) is 4. The number of sulfonamides is 1. The number of carbonyl (C=O) groups excluding carboxylic acids is 1. The topological polar surface area (TPSA) is 66.9 Å². The highest BCUT2D eigenvalue weighted by Crippen LogP contribution is 2.22. The van der Waals surface area contributed by atoms with E-state index in [0.717, 1.165) is 19.3 Å². The van der Waals surface area contributed by atoms with Crippen LogP contribution in [0.1, 0.15) is 36.5 Å². The molecule has 0 spiro atoms. The third-order valence-corrected chi connectivity index (χ3v) is 6.98. The minimum Gasteiger partial charge on any atom is -0.380 e. The summed E-state index contributed by atoms with van der Waals surface area (Å²) in [5.74, 6) is -0.141. The van der Waals surface area contributed by atoms with Crippen LogP contribution in [0, 0.1) is 0 Å². The van der Waals surface area contributed by atoms with Crippen LogP contribution < -0.4 is 0 Å². The molecule has 1 aromatic carbocycles. The van der Waals surface area contributed by atoms with Crippen LogP contribution in [0.25, 0.3) is 0 Å². The van der Waals surface area contributed by atoms with Crippen molar-refractivity contribution in [3.8, 4) is 0 Å². The summed E-state index contributed by atoms with van der Waals surface area (Å²) in [6.45, 7) is 4.09. The Kier molecular flexibility index (Phi) is 5.79. The lowest BCUT2D eigenvalue weighted by molar-refractivity contribution is 0.0269. The van der Waals surface area contributed by atoms with Crippen molar-refractivity contribution in [1.82, 2.24) is 9.21 Å². The van der Waals surface area contributed by atoms with Crippen LogP contribution >= 0.6 is 0 Å². The van der Waals surface area contributed by atoms with Crippen molar-refractivity contribution in [3.63, 3.8) is 0 Å². The molecule has 26 heavy (non-hydrogen) atoms. The number of piperidine rings is 1. The normalized spacial score (nSPS) is 22.2. The van der Waals surface area contributed by atoms with Crippen molar-refractivity contribution in [2.24, 2.45) is 0 Å². The van der Waals surface area contributed by atoms with Crippen LogP contribution in [0.5, 0.6) is 0 Å². The van der Waals surface area contributed by atoms with Gasteiger partial charge < -0.3 is 9.64 Å². The fourth-order valence-corrected chi connectivity index (χ4v) is 4.83. The zero-order chi connectivity index (χ0) is 18.7. The van der Waals surface area contributed by atoms with Crippen molar-refractivity contribution in [2.45, 2.75) is 37.2 Å². The van der Waals surface area contributed by atoms with Crippen molar-refractivity contribution in [2.75, 3.05) is 33.3 Å². The summed E-state index contributed by atoms with van der Waals surface area (Å²) in [5, 5.41) is 0. The zero-order valence-electron chi connectivity index (χ0n) is 15.3. The highest BCUT2D eigenvalue weighted by Gasteiger charge is 2.28. The van der Waals surface area contributed by atoms with Gasteiger partial charge in [0.05, 0.1) is 11.0 Å². The predicted octanol–water partition coefficient (Wildman–Crippen LogP) is 2.28. The lowest BCUT2D eigenvalue weighted by atomic mass is 10.1. The molecule has 1 aromatic rings. The van der Waals surface area contributed by atoms with Gasteiger partial charge >= 0.3 is 0 Å². The van der Waals surface area contributed by atoms with Crippen molar-refractivity contribution in [1.29, 1.82) is 0 Å². The Labute approximate surface area is 155 Å². The minimum absolute atomic E-state index is 0.0444. The molecule has 7 heteroatoms. The van der Waals surface area contributed by atoms with Gasteiger partial charge in [0.1, 0.15) is 0 Å². The lowest BCUT2D eigenvalue weighted by Crippen LogP contribution is -2.43. The van der Waals surface area contributed by atoms with E-state index in [1.54, 1.807) is 30.2 Å². The number of likely N-dealkylation sites (tertiary alicyclic amines) is 1. The smallest absolute Gasteiger partial charge is 0.253 e. The number of methoxy groups -OCH3 is 1. The monoisotopic (exact) mass is 378 g/mol. The second-order valence-electron chi connectivity index (χ2n) is 6.94. The Morgan fingerprint density at radius 1 is 1.27 bits per heavy atom. The Bertz CT molecular complexity index is 804. The van der Waals surface area contributed by atoms with Gasteiger partial charge in [-0.3, -0.25) is 4.79 Å². The fraction of sp³-hybridized carbons (Fsp3) is 0.526. The van der Waals surface area contributed by atoms with Gasteiger partial charge in [-0.1, -0.05) is 17.7 Å². The average Bonchev–Trinajstić information content (AvgIpc) is 2.68.